The summed E-state index contributed by atoms with van der Waals surface area (Å²) >= 11 is 0. The second-order valence-corrected chi connectivity index (χ2v) is 6.12. The molecule has 102 valence electrons. The fraction of sp³-hybridized carbons (Fsp3) is 0.588. The van der Waals surface area contributed by atoms with Crippen molar-refractivity contribution in [2.75, 3.05) is 0 Å². The molecule has 1 N–H and O–H groups in total. The van der Waals surface area contributed by atoms with Crippen LogP contribution in [-0.2, 0) is 16.6 Å². The van der Waals surface area contributed by atoms with E-state index in [1.165, 1.54) is 24.8 Å². The van der Waals surface area contributed by atoms with Gasteiger partial charge in [0.15, 0.2) is 0 Å². The minimum atomic E-state index is -0.602. The van der Waals surface area contributed by atoms with E-state index in [0.29, 0.717) is 5.92 Å². The summed E-state index contributed by atoms with van der Waals surface area (Å²) in [4.78, 5) is 12.1. The topological polar surface area (TPSA) is 37.3 Å². The summed E-state index contributed by atoms with van der Waals surface area (Å²) in [6.07, 6.45) is 8.71. The number of fused-ring (bicyclic) bond motifs is 1. The predicted octanol–water partition coefficient (Wildman–Crippen LogP) is 3.93. The van der Waals surface area contributed by atoms with E-state index in [1.54, 1.807) is 0 Å². The molecule has 1 aromatic carbocycles. The first-order valence-electron chi connectivity index (χ1n) is 7.57. The Hall–Kier alpha value is -1.31. The van der Waals surface area contributed by atoms with E-state index in [0.717, 1.165) is 37.7 Å². The van der Waals surface area contributed by atoms with Gasteiger partial charge in [-0.25, -0.2) is 0 Å². The van der Waals surface area contributed by atoms with Crippen LogP contribution in [-0.4, -0.2) is 11.1 Å². The second-order valence-electron chi connectivity index (χ2n) is 6.12. The van der Waals surface area contributed by atoms with Crippen LogP contribution >= 0.6 is 0 Å². The molecule has 19 heavy (non-hydrogen) atoms. The maximum absolute atomic E-state index is 12.1. The summed E-state index contributed by atoms with van der Waals surface area (Å²) in [6.45, 7) is 0. The molecule has 0 aromatic heterocycles. The number of aliphatic carboxylic acids is 1. The van der Waals surface area contributed by atoms with Gasteiger partial charge in [-0.15, -0.1) is 0 Å². The van der Waals surface area contributed by atoms with Gasteiger partial charge in [-0.05, 0) is 49.1 Å². The highest BCUT2D eigenvalue weighted by molar-refractivity contribution is 5.83. The van der Waals surface area contributed by atoms with Crippen molar-refractivity contribution in [1.82, 2.24) is 0 Å². The molecular formula is C17H22O2. The Kier molecular flexibility index (Phi) is 3.34. The van der Waals surface area contributed by atoms with E-state index in [9.17, 15) is 9.90 Å². The predicted molar refractivity (Wildman–Crippen MR) is 75.3 cm³/mol. The summed E-state index contributed by atoms with van der Waals surface area (Å²) in [5.74, 6) is -0.258. The SMILES string of the molecule is O=C(O)C1(C2CCCCC2)CCCc2ccccc21. The number of carboxylic acid groups (broad SMARTS) is 1. The molecule has 0 bridgehead atoms. The van der Waals surface area contributed by atoms with Crippen LogP contribution in [0.15, 0.2) is 24.3 Å². The molecule has 0 saturated heterocycles. The highest BCUT2D eigenvalue weighted by Gasteiger charge is 2.49. The van der Waals surface area contributed by atoms with E-state index in [4.69, 9.17) is 0 Å². The fourth-order valence-electron chi connectivity index (χ4n) is 4.28. The summed E-state index contributed by atoms with van der Waals surface area (Å²) in [6, 6.07) is 8.23. The smallest absolute Gasteiger partial charge is 0.314 e. The molecule has 2 heteroatoms. The zero-order valence-corrected chi connectivity index (χ0v) is 11.4. The molecular weight excluding hydrogens is 236 g/mol. The van der Waals surface area contributed by atoms with E-state index < -0.39 is 11.4 Å². The van der Waals surface area contributed by atoms with Crippen LogP contribution in [0.3, 0.4) is 0 Å². The van der Waals surface area contributed by atoms with Crippen LogP contribution in [0.2, 0.25) is 0 Å². The lowest BCUT2D eigenvalue weighted by Gasteiger charge is -2.43. The van der Waals surface area contributed by atoms with E-state index in [2.05, 4.69) is 12.1 Å². The van der Waals surface area contributed by atoms with E-state index >= 15 is 0 Å². The fourth-order valence-corrected chi connectivity index (χ4v) is 4.28. The van der Waals surface area contributed by atoms with Crippen LogP contribution in [0, 0.1) is 5.92 Å². The maximum Gasteiger partial charge on any atom is 0.314 e. The van der Waals surface area contributed by atoms with Crippen LogP contribution in [0.5, 0.6) is 0 Å². The second kappa shape index (κ2) is 4.99. The number of benzene rings is 1. The molecule has 0 spiro atoms. The van der Waals surface area contributed by atoms with E-state index in [-0.39, 0.29) is 0 Å². The lowest BCUT2D eigenvalue weighted by atomic mass is 9.59. The van der Waals surface area contributed by atoms with Crippen molar-refractivity contribution in [3.63, 3.8) is 0 Å². The molecule has 0 heterocycles. The monoisotopic (exact) mass is 258 g/mol. The van der Waals surface area contributed by atoms with Gasteiger partial charge in [0.1, 0.15) is 0 Å². The van der Waals surface area contributed by atoms with Crippen LogP contribution < -0.4 is 0 Å². The molecule has 1 unspecified atom stereocenters. The Labute approximate surface area is 114 Å². The standard InChI is InChI=1S/C17H22O2/c18-16(19)17(14-9-2-1-3-10-14)12-6-8-13-7-4-5-11-15(13)17/h4-5,7,11,14H,1-3,6,8-10,12H2,(H,18,19). The molecule has 2 nitrogen and oxygen atoms in total. The average molecular weight is 258 g/mol. The van der Waals surface area contributed by atoms with Gasteiger partial charge in [-0.3, -0.25) is 4.79 Å². The maximum atomic E-state index is 12.1. The minimum Gasteiger partial charge on any atom is -0.481 e. The molecule has 1 aromatic rings. The summed E-state index contributed by atoms with van der Waals surface area (Å²) in [5, 5.41) is 9.99. The number of carbonyl (C=O) groups is 1. The number of rotatable bonds is 2. The van der Waals surface area contributed by atoms with Crippen molar-refractivity contribution < 1.29 is 9.90 Å². The number of carboxylic acids is 1. The lowest BCUT2D eigenvalue weighted by molar-refractivity contribution is -0.147. The van der Waals surface area contributed by atoms with Gasteiger partial charge >= 0.3 is 5.97 Å². The quantitative estimate of drug-likeness (QED) is 0.872. The third-order valence-electron chi connectivity index (χ3n) is 5.20. The van der Waals surface area contributed by atoms with Crippen molar-refractivity contribution in [2.45, 2.75) is 56.8 Å². The van der Waals surface area contributed by atoms with Crippen molar-refractivity contribution in [2.24, 2.45) is 5.92 Å². The van der Waals surface area contributed by atoms with Gasteiger partial charge in [-0.1, -0.05) is 43.5 Å². The lowest BCUT2D eigenvalue weighted by Crippen LogP contribution is -2.46. The van der Waals surface area contributed by atoms with Crippen molar-refractivity contribution in [1.29, 1.82) is 0 Å². The highest BCUT2D eigenvalue weighted by Crippen LogP contribution is 2.48. The molecule has 2 aliphatic rings. The van der Waals surface area contributed by atoms with Gasteiger partial charge in [0, 0.05) is 0 Å². The molecule has 1 saturated carbocycles. The molecule has 0 amide bonds. The van der Waals surface area contributed by atoms with Gasteiger partial charge in [0.2, 0.25) is 0 Å². The van der Waals surface area contributed by atoms with Crippen LogP contribution in [0.25, 0.3) is 0 Å². The third kappa shape index (κ3) is 1.98. The van der Waals surface area contributed by atoms with Gasteiger partial charge in [-0.2, -0.15) is 0 Å². The Balaban J connectivity index is 2.08. The molecule has 1 fully saturated rings. The molecule has 3 rings (SSSR count). The molecule has 2 aliphatic carbocycles. The van der Waals surface area contributed by atoms with Crippen LogP contribution in [0.1, 0.15) is 56.1 Å². The Bertz CT molecular complexity index is 474. The first-order valence-corrected chi connectivity index (χ1v) is 7.57. The Morgan fingerprint density at radius 2 is 1.84 bits per heavy atom. The summed E-state index contributed by atoms with van der Waals surface area (Å²) in [5.41, 5.74) is 1.78. The first-order chi connectivity index (χ1) is 9.25. The van der Waals surface area contributed by atoms with Gasteiger partial charge in [0.25, 0.3) is 0 Å². The molecule has 0 radical (unpaired) electrons. The van der Waals surface area contributed by atoms with Gasteiger partial charge < -0.3 is 5.11 Å². The zero-order chi connectivity index (χ0) is 13.3. The number of aryl methyl sites for hydroxylation is 1. The minimum absolute atomic E-state index is 0.334. The van der Waals surface area contributed by atoms with E-state index in [1.807, 2.05) is 12.1 Å². The summed E-state index contributed by atoms with van der Waals surface area (Å²) < 4.78 is 0. The Morgan fingerprint density at radius 1 is 1.11 bits per heavy atom. The van der Waals surface area contributed by atoms with Gasteiger partial charge in [0.05, 0.1) is 5.41 Å². The normalized spacial score (nSPS) is 27.8. The highest BCUT2D eigenvalue weighted by atomic mass is 16.4. The molecule has 0 aliphatic heterocycles. The number of hydrogen-bond acceptors (Lipinski definition) is 1. The largest absolute Gasteiger partial charge is 0.481 e. The van der Waals surface area contributed by atoms with Crippen molar-refractivity contribution in [3.8, 4) is 0 Å². The average Bonchev–Trinajstić information content (AvgIpc) is 2.47. The Morgan fingerprint density at radius 3 is 2.58 bits per heavy atom. The number of hydrogen-bond donors (Lipinski definition) is 1. The van der Waals surface area contributed by atoms with Crippen molar-refractivity contribution in [3.05, 3.63) is 35.4 Å². The molecule has 1 atom stereocenters. The first kappa shape index (κ1) is 12.7. The van der Waals surface area contributed by atoms with Crippen molar-refractivity contribution >= 4 is 5.97 Å². The third-order valence-corrected chi connectivity index (χ3v) is 5.20. The zero-order valence-electron chi connectivity index (χ0n) is 11.4. The summed E-state index contributed by atoms with van der Waals surface area (Å²) in [7, 11) is 0. The van der Waals surface area contributed by atoms with Crippen LogP contribution in [0.4, 0.5) is 0 Å².